The Morgan fingerprint density at radius 2 is 1.97 bits per heavy atom. The molecule has 1 heterocycles. The topological polar surface area (TPSA) is 122 Å². The van der Waals surface area contributed by atoms with E-state index in [1.165, 1.54) is 18.2 Å². The SMILES string of the molecule is CCOCCCNc1ccc(S(=O)(=O)Oc2ccc3[nH]c(NC(=O)C4CC4)nc3c2)cc1. The number of carbonyl (C=O) groups is 1. The monoisotopic (exact) mass is 458 g/mol. The second-order valence-electron chi connectivity index (χ2n) is 7.57. The van der Waals surface area contributed by atoms with Crippen LogP contribution in [0.2, 0.25) is 0 Å². The van der Waals surface area contributed by atoms with Crippen molar-refractivity contribution >= 4 is 38.7 Å². The van der Waals surface area contributed by atoms with Crippen molar-refractivity contribution in [3.05, 3.63) is 42.5 Å². The first-order valence-electron chi connectivity index (χ1n) is 10.6. The Morgan fingerprint density at radius 3 is 2.69 bits per heavy atom. The van der Waals surface area contributed by atoms with Gasteiger partial charge in [-0.05, 0) is 62.6 Å². The molecule has 0 radical (unpaired) electrons. The van der Waals surface area contributed by atoms with Crippen molar-refractivity contribution in [1.29, 1.82) is 0 Å². The normalized spacial score (nSPS) is 13.8. The lowest BCUT2D eigenvalue weighted by molar-refractivity contribution is -0.117. The predicted molar refractivity (Wildman–Crippen MR) is 121 cm³/mol. The smallest absolute Gasteiger partial charge is 0.339 e. The molecule has 170 valence electrons. The number of anilines is 2. The van der Waals surface area contributed by atoms with Gasteiger partial charge in [-0.25, -0.2) is 4.98 Å². The van der Waals surface area contributed by atoms with Gasteiger partial charge in [0, 0.05) is 37.4 Å². The van der Waals surface area contributed by atoms with Crippen LogP contribution < -0.4 is 14.8 Å². The number of aromatic nitrogens is 2. The molecule has 2 aromatic carbocycles. The summed E-state index contributed by atoms with van der Waals surface area (Å²) in [7, 11) is -4.00. The molecule has 0 unspecified atom stereocenters. The number of fused-ring (bicyclic) bond motifs is 1. The number of hydrogen-bond acceptors (Lipinski definition) is 7. The number of rotatable bonds is 11. The first-order chi connectivity index (χ1) is 15.4. The number of aromatic amines is 1. The minimum absolute atomic E-state index is 0.0527. The molecule has 3 aromatic rings. The van der Waals surface area contributed by atoms with Gasteiger partial charge in [-0.3, -0.25) is 10.1 Å². The number of amides is 1. The highest BCUT2D eigenvalue weighted by Gasteiger charge is 2.30. The van der Waals surface area contributed by atoms with Crippen LogP contribution in [0.15, 0.2) is 47.4 Å². The van der Waals surface area contributed by atoms with Crippen molar-refractivity contribution in [1.82, 2.24) is 9.97 Å². The second kappa shape index (κ2) is 9.58. The highest BCUT2D eigenvalue weighted by molar-refractivity contribution is 7.87. The molecule has 1 aliphatic rings. The van der Waals surface area contributed by atoms with E-state index in [0.29, 0.717) is 30.2 Å². The Bertz CT molecular complexity index is 1190. The molecule has 0 atom stereocenters. The zero-order chi connectivity index (χ0) is 22.6. The van der Waals surface area contributed by atoms with Crippen LogP contribution in [0.1, 0.15) is 26.2 Å². The van der Waals surface area contributed by atoms with Gasteiger partial charge in [-0.1, -0.05) is 0 Å². The van der Waals surface area contributed by atoms with Crippen LogP contribution in [0.3, 0.4) is 0 Å². The van der Waals surface area contributed by atoms with Crippen LogP contribution in [-0.2, 0) is 19.6 Å². The third kappa shape index (κ3) is 5.57. The average Bonchev–Trinajstić information content (AvgIpc) is 3.55. The van der Waals surface area contributed by atoms with Crippen molar-refractivity contribution in [2.75, 3.05) is 30.4 Å². The van der Waals surface area contributed by atoms with E-state index >= 15 is 0 Å². The van der Waals surface area contributed by atoms with E-state index in [1.54, 1.807) is 24.3 Å². The number of imidazole rings is 1. The van der Waals surface area contributed by atoms with Crippen LogP contribution in [0.25, 0.3) is 11.0 Å². The fraction of sp³-hybridized carbons (Fsp3) is 0.364. The summed E-state index contributed by atoms with van der Waals surface area (Å²) >= 11 is 0. The van der Waals surface area contributed by atoms with Gasteiger partial charge in [-0.2, -0.15) is 8.42 Å². The van der Waals surface area contributed by atoms with E-state index in [9.17, 15) is 13.2 Å². The van der Waals surface area contributed by atoms with Gasteiger partial charge in [0.15, 0.2) is 0 Å². The average molecular weight is 459 g/mol. The summed E-state index contributed by atoms with van der Waals surface area (Å²) in [5.41, 5.74) is 1.98. The molecule has 9 nitrogen and oxygen atoms in total. The molecular weight excluding hydrogens is 432 g/mol. The maximum Gasteiger partial charge on any atom is 0.339 e. The van der Waals surface area contributed by atoms with Gasteiger partial charge in [0.2, 0.25) is 11.9 Å². The Balaban J connectivity index is 1.39. The summed E-state index contributed by atoms with van der Waals surface area (Å²) in [4.78, 5) is 19.3. The molecule has 4 rings (SSSR count). The van der Waals surface area contributed by atoms with Crippen molar-refractivity contribution in [3.63, 3.8) is 0 Å². The highest BCUT2D eigenvalue weighted by atomic mass is 32.2. The van der Waals surface area contributed by atoms with Crippen molar-refractivity contribution in [2.24, 2.45) is 5.92 Å². The van der Waals surface area contributed by atoms with E-state index < -0.39 is 10.1 Å². The fourth-order valence-electron chi connectivity index (χ4n) is 3.13. The van der Waals surface area contributed by atoms with Gasteiger partial charge in [0.1, 0.15) is 10.6 Å². The summed E-state index contributed by atoms with van der Waals surface area (Å²) in [5, 5.41) is 5.96. The van der Waals surface area contributed by atoms with Crippen LogP contribution >= 0.6 is 0 Å². The molecule has 0 aliphatic heterocycles. The number of ether oxygens (including phenoxy) is 1. The molecule has 0 saturated heterocycles. The number of nitrogens with zero attached hydrogens (tertiary/aromatic N) is 1. The lowest BCUT2D eigenvalue weighted by Crippen LogP contribution is -2.14. The number of carbonyl (C=O) groups excluding carboxylic acids is 1. The maximum atomic E-state index is 12.7. The van der Waals surface area contributed by atoms with Gasteiger partial charge < -0.3 is 19.2 Å². The standard InChI is InChI=1S/C22H26N4O5S/c1-2-30-13-3-12-23-16-6-9-18(10-7-16)32(28,29)31-17-8-11-19-20(14-17)25-22(24-19)26-21(27)15-4-5-15/h6-11,14-15,23H,2-5,12-13H2,1H3,(H2,24,25,26,27). The summed E-state index contributed by atoms with van der Waals surface area (Å²) in [6.07, 6.45) is 2.65. The molecule has 1 saturated carbocycles. The van der Waals surface area contributed by atoms with Crippen molar-refractivity contribution in [2.45, 2.75) is 31.1 Å². The molecule has 32 heavy (non-hydrogen) atoms. The quantitative estimate of drug-likeness (QED) is 0.297. The van der Waals surface area contributed by atoms with E-state index in [2.05, 4.69) is 20.6 Å². The summed E-state index contributed by atoms with van der Waals surface area (Å²) in [6.45, 7) is 4.06. The number of hydrogen-bond donors (Lipinski definition) is 3. The van der Waals surface area contributed by atoms with E-state index in [4.69, 9.17) is 8.92 Å². The second-order valence-corrected chi connectivity index (χ2v) is 9.11. The molecule has 1 amide bonds. The number of nitrogens with one attached hydrogen (secondary N) is 3. The van der Waals surface area contributed by atoms with Gasteiger partial charge in [-0.15, -0.1) is 0 Å². The molecule has 0 spiro atoms. The number of H-pyrrole nitrogens is 1. The molecule has 0 bridgehead atoms. The zero-order valence-electron chi connectivity index (χ0n) is 17.8. The minimum atomic E-state index is -4.00. The lowest BCUT2D eigenvalue weighted by atomic mass is 10.3. The Hall–Kier alpha value is -3.11. The first-order valence-corrected chi connectivity index (χ1v) is 12.0. The third-order valence-corrected chi connectivity index (χ3v) is 6.25. The van der Waals surface area contributed by atoms with Gasteiger partial charge in [0.05, 0.1) is 11.0 Å². The molecular formula is C22H26N4O5S. The maximum absolute atomic E-state index is 12.7. The Labute approximate surface area is 186 Å². The minimum Gasteiger partial charge on any atom is -0.385 e. The predicted octanol–water partition coefficient (Wildman–Crippen LogP) is 3.52. The van der Waals surface area contributed by atoms with E-state index in [1.807, 2.05) is 6.92 Å². The zero-order valence-corrected chi connectivity index (χ0v) is 18.6. The number of benzene rings is 2. The lowest BCUT2D eigenvalue weighted by Gasteiger charge is -2.09. The molecule has 3 N–H and O–H groups in total. The van der Waals surface area contributed by atoms with Crippen LogP contribution in [0.4, 0.5) is 11.6 Å². The van der Waals surface area contributed by atoms with Crippen LogP contribution in [0.5, 0.6) is 5.75 Å². The molecule has 1 aliphatic carbocycles. The summed E-state index contributed by atoms with van der Waals surface area (Å²) in [5.74, 6) is 0.475. The molecule has 1 fully saturated rings. The van der Waals surface area contributed by atoms with Crippen LogP contribution in [-0.4, -0.2) is 44.1 Å². The van der Waals surface area contributed by atoms with Crippen LogP contribution in [0, 0.1) is 5.92 Å². The van der Waals surface area contributed by atoms with Crippen molar-refractivity contribution in [3.8, 4) is 5.75 Å². The fourth-order valence-corrected chi connectivity index (χ4v) is 4.05. The Morgan fingerprint density at radius 1 is 1.19 bits per heavy atom. The van der Waals surface area contributed by atoms with E-state index in [-0.39, 0.29) is 22.5 Å². The Kier molecular flexibility index (Phi) is 6.61. The van der Waals surface area contributed by atoms with E-state index in [0.717, 1.165) is 31.5 Å². The molecule has 10 heteroatoms. The molecule has 1 aromatic heterocycles. The highest BCUT2D eigenvalue weighted by Crippen LogP contribution is 2.30. The summed E-state index contributed by atoms with van der Waals surface area (Å²) in [6, 6.07) is 11.1. The largest absolute Gasteiger partial charge is 0.385 e. The third-order valence-electron chi connectivity index (χ3n) is 4.99. The first kappa shape index (κ1) is 22.1. The summed E-state index contributed by atoms with van der Waals surface area (Å²) < 4.78 is 35.9. The van der Waals surface area contributed by atoms with Gasteiger partial charge >= 0.3 is 10.1 Å². The van der Waals surface area contributed by atoms with Gasteiger partial charge in [0.25, 0.3) is 0 Å². The van der Waals surface area contributed by atoms with Crippen molar-refractivity contribution < 1.29 is 22.1 Å².